The van der Waals surface area contributed by atoms with Crippen LogP contribution in [0.5, 0.6) is 0 Å². The molecule has 16 heavy (non-hydrogen) atoms. The largest absolute Gasteiger partial charge is 0.384 e. The van der Waals surface area contributed by atoms with Crippen molar-refractivity contribution in [2.45, 2.75) is 25.8 Å². The number of ether oxygens (including phenoxy) is 1. The van der Waals surface area contributed by atoms with E-state index >= 15 is 0 Å². The summed E-state index contributed by atoms with van der Waals surface area (Å²) < 4.78 is 17.7. The van der Waals surface area contributed by atoms with Crippen LogP contribution in [-0.4, -0.2) is 26.3 Å². The quantitative estimate of drug-likeness (QED) is 0.698. The van der Waals surface area contributed by atoms with Crippen molar-refractivity contribution in [2.75, 3.05) is 20.3 Å². The molecule has 0 aliphatic heterocycles. The summed E-state index contributed by atoms with van der Waals surface area (Å²) in [5.41, 5.74) is 1.19. The maximum Gasteiger partial charge on any atom is 0.123 e. The summed E-state index contributed by atoms with van der Waals surface area (Å²) >= 11 is 0. The van der Waals surface area contributed by atoms with Gasteiger partial charge in [-0.3, -0.25) is 0 Å². The standard InChI is InChI=1S/C13H20FNO/c1-11(15-8-3-9-16-2)10-12-4-6-13(14)7-5-12/h4-7,11,15H,3,8-10H2,1-2H3/p+1/t11-/m0/s1. The van der Waals surface area contributed by atoms with Crippen LogP contribution in [-0.2, 0) is 11.2 Å². The van der Waals surface area contributed by atoms with Crippen LogP contribution in [0.4, 0.5) is 4.39 Å². The van der Waals surface area contributed by atoms with Gasteiger partial charge in [-0.2, -0.15) is 0 Å². The Kier molecular flexibility index (Phi) is 6.04. The summed E-state index contributed by atoms with van der Waals surface area (Å²) in [6.07, 6.45) is 2.05. The minimum absolute atomic E-state index is 0.166. The molecule has 0 aliphatic rings. The minimum Gasteiger partial charge on any atom is -0.384 e. The highest BCUT2D eigenvalue weighted by molar-refractivity contribution is 5.16. The first-order valence-corrected chi connectivity index (χ1v) is 5.79. The molecule has 0 spiro atoms. The molecule has 1 rings (SSSR count). The van der Waals surface area contributed by atoms with E-state index in [1.54, 1.807) is 7.11 Å². The Morgan fingerprint density at radius 3 is 2.62 bits per heavy atom. The molecule has 90 valence electrons. The van der Waals surface area contributed by atoms with Gasteiger partial charge in [0.05, 0.1) is 19.2 Å². The normalized spacial score (nSPS) is 12.7. The molecular weight excluding hydrogens is 205 g/mol. The highest BCUT2D eigenvalue weighted by Gasteiger charge is 2.05. The molecule has 0 saturated heterocycles. The van der Waals surface area contributed by atoms with Crippen LogP contribution in [0.2, 0.25) is 0 Å². The van der Waals surface area contributed by atoms with Gasteiger partial charge < -0.3 is 10.1 Å². The van der Waals surface area contributed by atoms with Gasteiger partial charge in [-0.15, -0.1) is 0 Å². The van der Waals surface area contributed by atoms with Gasteiger partial charge in [0.1, 0.15) is 5.82 Å². The smallest absolute Gasteiger partial charge is 0.123 e. The minimum atomic E-state index is -0.166. The molecule has 0 radical (unpaired) electrons. The number of quaternary nitrogens is 1. The average Bonchev–Trinajstić information content (AvgIpc) is 2.28. The predicted molar refractivity (Wildman–Crippen MR) is 62.9 cm³/mol. The number of hydrogen-bond donors (Lipinski definition) is 1. The SMILES string of the molecule is COCCC[NH2+][C@@H](C)Cc1ccc(F)cc1. The highest BCUT2D eigenvalue weighted by Crippen LogP contribution is 2.04. The summed E-state index contributed by atoms with van der Waals surface area (Å²) in [6.45, 7) is 4.09. The summed E-state index contributed by atoms with van der Waals surface area (Å²) in [7, 11) is 1.72. The Bertz CT molecular complexity index is 286. The van der Waals surface area contributed by atoms with Crippen LogP contribution < -0.4 is 5.32 Å². The van der Waals surface area contributed by atoms with Crippen LogP contribution in [0, 0.1) is 5.82 Å². The zero-order valence-electron chi connectivity index (χ0n) is 10.1. The van der Waals surface area contributed by atoms with E-state index in [9.17, 15) is 4.39 Å². The van der Waals surface area contributed by atoms with Gasteiger partial charge in [-0.05, 0) is 24.6 Å². The van der Waals surface area contributed by atoms with Crippen molar-refractivity contribution in [3.05, 3.63) is 35.6 Å². The van der Waals surface area contributed by atoms with E-state index in [0.717, 1.165) is 26.0 Å². The fourth-order valence-corrected chi connectivity index (χ4v) is 1.71. The number of benzene rings is 1. The Morgan fingerprint density at radius 1 is 1.31 bits per heavy atom. The van der Waals surface area contributed by atoms with Crippen LogP contribution in [0.25, 0.3) is 0 Å². The highest BCUT2D eigenvalue weighted by atomic mass is 19.1. The van der Waals surface area contributed by atoms with Crippen molar-refractivity contribution < 1.29 is 14.4 Å². The Balaban J connectivity index is 2.23. The van der Waals surface area contributed by atoms with Gasteiger partial charge >= 0.3 is 0 Å². The lowest BCUT2D eigenvalue weighted by atomic mass is 10.1. The molecular formula is C13H21FNO+. The topological polar surface area (TPSA) is 25.8 Å². The fourth-order valence-electron chi connectivity index (χ4n) is 1.71. The van der Waals surface area contributed by atoms with Gasteiger partial charge in [0.25, 0.3) is 0 Å². The van der Waals surface area contributed by atoms with E-state index in [1.165, 1.54) is 17.7 Å². The number of nitrogens with two attached hydrogens (primary N) is 1. The average molecular weight is 226 g/mol. The predicted octanol–water partition coefficient (Wildman–Crippen LogP) is 1.36. The second kappa shape index (κ2) is 7.36. The Labute approximate surface area is 96.8 Å². The lowest BCUT2D eigenvalue weighted by Crippen LogP contribution is -2.89. The third kappa shape index (κ3) is 5.24. The second-order valence-corrected chi connectivity index (χ2v) is 4.18. The van der Waals surface area contributed by atoms with Gasteiger partial charge in [-0.1, -0.05) is 12.1 Å². The lowest BCUT2D eigenvalue weighted by Gasteiger charge is -2.10. The number of hydrogen-bond acceptors (Lipinski definition) is 1. The van der Waals surface area contributed by atoms with Crippen molar-refractivity contribution in [3.8, 4) is 0 Å². The van der Waals surface area contributed by atoms with Gasteiger partial charge in [0.15, 0.2) is 0 Å². The maximum atomic E-state index is 12.7. The van der Waals surface area contributed by atoms with Crippen molar-refractivity contribution in [1.29, 1.82) is 0 Å². The molecule has 0 aliphatic carbocycles. The van der Waals surface area contributed by atoms with Gasteiger partial charge in [-0.25, -0.2) is 4.39 Å². The van der Waals surface area contributed by atoms with Gasteiger partial charge in [0, 0.05) is 20.0 Å². The molecule has 1 atom stereocenters. The molecule has 2 nitrogen and oxygen atoms in total. The van der Waals surface area contributed by atoms with Crippen LogP contribution >= 0.6 is 0 Å². The van der Waals surface area contributed by atoms with Crippen molar-refractivity contribution in [1.82, 2.24) is 0 Å². The van der Waals surface area contributed by atoms with Gasteiger partial charge in [0.2, 0.25) is 0 Å². The second-order valence-electron chi connectivity index (χ2n) is 4.18. The first kappa shape index (κ1) is 13.1. The van der Waals surface area contributed by atoms with E-state index < -0.39 is 0 Å². The summed E-state index contributed by atoms with van der Waals surface area (Å²) in [6, 6.07) is 7.28. The fraction of sp³-hybridized carbons (Fsp3) is 0.538. The lowest BCUT2D eigenvalue weighted by molar-refractivity contribution is -0.686. The van der Waals surface area contributed by atoms with Crippen molar-refractivity contribution in [3.63, 3.8) is 0 Å². The van der Waals surface area contributed by atoms with E-state index in [0.29, 0.717) is 6.04 Å². The van der Waals surface area contributed by atoms with Crippen LogP contribution in [0.15, 0.2) is 24.3 Å². The Morgan fingerprint density at radius 2 is 2.00 bits per heavy atom. The van der Waals surface area contributed by atoms with E-state index in [-0.39, 0.29) is 5.82 Å². The summed E-state index contributed by atoms with van der Waals surface area (Å²) in [4.78, 5) is 0. The molecule has 0 aromatic heterocycles. The maximum absolute atomic E-state index is 12.7. The molecule has 0 unspecified atom stereocenters. The monoisotopic (exact) mass is 226 g/mol. The number of rotatable bonds is 7. The Hall–Kier alpha value is -0.930. The molecule has 3 heteroatoms. The third-order valence-corrected chi connectivity index (χ3v) is 2.59. The number of methoxy groups -OCH3 is 1. The van der Waals surface area contributed by atoms with Crippen molar-refractivity contribution in [2.24, 2.45) is 0 Å². The molecule has 0 fully saturated rings. The van der Waals surface area contributed by atoms with Crippen LogP contribution in [0.3, 0.4) is 0 Å². The van der Waals surface area contributed by atoms with E-state index in [4.69, 9.17) is 4.74 Å². The molecule has 0 bridgehead atoms. The van der Waals surface area contributed by atoms with E-state index in [1.807, 2.05) is 12.1 Å². The van der Waals surface area contributed by atoms with E-state index in [2.05, 4.69) is 12.2 Å². The zero-order valence-corrected chi connectivity index (χ0v) is 10.1. The third-order valence-electron chi connectivity index (χ3n) is 2.59. The molecule has 1 aromatic rings. The summed E-state index contributed by atoms with van der Waals surface area (Å²) in [5.74, 6) is -0.166. The van der Waals surface area contributed by atoms with Crippen molar-refractivity contribution >= 4 is 0 Å². The summed E-state index contributed by atoms with van der Waals surface area (Å²) in [5, 5.41) is 2.31. The molecule has 1 aromatic carbocycles. The molecule has 0 saturated carbocycles. The number of halogens is 1. The first-order valence-electron chi connectivity index (χ1n) is 5.79. The van der Waals surface area contributed by atoms with Crippen LogP contribution in [0.1, 0.15) is 18.9 Å². The molecule has 0 heterocycles. The molecule has 0 amide bonds. The molecule has 2 N–H and O–H groups in total. The first-order chi connectivity index (χ1) is 7.72. The zero-order chi connectivity index (χ0) is 11.8.